The number of hydrogen-bond donors (Lipinski definition) is 2. The van der Waals surface area contributed by atoms with E-state index < -0.39 is 5.60 Å². The normalized spacial score (nSPS) is 25.8. The van der Waals surface area contributed by atoms with Gasteiger partial charge in [-0.05, 0) is 32.6 Å². The summed E-state index contributed by atoms with van der Waals surface area (Å²) in [6.45, 7) is 10.2. The zero-order valence-electron chi connectivity index (χ0n) is 12.9. The lowest BCUT2D eigenvalue weighted by atomic mass is 10.0. The molecule has 0 aromatic rings. The number of carbonyl (C=O) groups excluding carboxylic acids is 1. The number of likely N-dealkylation sites (tertiary alicyclic amines) is 1. The van der Waals surface area contributed by atoms with Gasteiger partial charge in [0, 0.05) is 19.1 Å². The molecule has 1 fully saturated rings. The van der Waals surface area contributed by atoms with Crippen molar-refractivity contribution in [3.63, 3.8) is 0 Å². The minimum absolute atomic E-state index is 0.0785. The highest BCUT2D eigenvalue weighted by Gasteiger charge is 2.32. The first-order valence-corrected chi connectivity index (χ1v) is 7.52. The number of amides is 1. The van der Waals surface area contributed by atoms with E-state index >= 15 is 0 Å². The van der Waals surface area contributed by atoms with E-state index in [1.807, 2.05) is 11.8 Å². The van der Waals surface area contributed by atoms with E-state index in [0.29, 0.717) is 13.1 Å². The molecule has 4 heteroatoms. The van der Waals surface area contributed by atoms with Crippen LogP contribution in [0.5, 0.6) is 0 Å². The minimum atomic E-state index is -0.622. The molecular weight excluding hydrogens is 240 g/mol. The van der Waals surface area contributed by atoms with Gasteiger partial charge in [-0.15, -0.1) is 0 Å². The average Bonchev–Trinajstić information content (AvgIpc) is 2.56. The van der Waals surface area contributed by atoms with Gasteiger partial charge in [0.1, 0.15) is 0 Å². The third-order valence-electron chi connectivity index (χ3n) is 3.72. The SMILES string of the molecule is CC(C)CCCC(C)NC(=O)CN1CCC(C)(O)C1. The highest BCUT2D eigenvalue weighted by atomic mass is 16.3. The molecule has 0 aliphatic carbocycles. The molecule has 1 aliphatic heterocycles. The van der Waals surface area contributed by atoms with Crippen molar-refractivity contribution in [3.8, 4) is 0 Å². The van der Waals surface area contributed by atoms with Crippen molar-refractivity contribution < 1.29 is 9.90 Å². The molecule has 19 heavy (non-hydrogen) atoms. The van der Waals surface area contributed by atoms with Crippen LogP contribution in [0.15, 0.2) is 0 Å². The average molecular weight is 270 g/mol. The van der Waals surface area contributed by atoms with Gasteiger partial charge in [-0.3, -0.25) is 9.69 Å². The van der Waals surface area contributed by atoms with E-state index in [1.54, 1.807) is 0 Å². The molecular formula is C15H30N2O2. The van der Waals surface area contributed by atoms with Crippen LogP contribution in [0.25, 0.3) is 0 Å². The Kier molecular flexibility index (Phi) is 6.27. The van der Waals surface area contributed by atoms with Crippen LogP contribution in [-0.2, 0) is 4.79 Å². The Balaban J connectivity index is 2.17. The Labute approximate surface area is 117 Å². The van der Waals surface area contributed by atoms with Crippen LogP contribution in [0.2, 0.25) is 0 Å². The van der Waals surface area contributed by atoms with Crippen molar-refractivity contribution in [1.82, 2.24) is 10.2 Å². The van der Waals surface area contributed by atoms with Crippen LogP contribution < -0.4 is 5.32 Å². The predicted octanol–water partition coefficient (Wildman–Crippen LogP) is 1.77. The van der Waals surface area contributed by atoms with Crippen molar-refractivity contribution in [2.75, 3.05) is 19.6 Å². The second-order valence-corrected chi connectivity index (χ2v) is 6.75. The first kappa shape index (κ1) is 16.4. The molecule has 0 radical (unpaired) electrons. The number of rotatable bonds is 7. The zero-order valence-corrected chi connectivity index (χ0v) is 12.9. The first-order chi connectivity index (χ1) is 8.78. The summed E-state index contributed by atoms with van der Waals surface area (Å²) >= 11 is 0. The van der Waals surface area contributed by atoms with Crippen LogP contribution in [0.1, 0.15) is 53.4 Å². The highest BCUT2D eigenvalue weighted by Crippen LogP contribution is 2.19. The number of nitrogens with zero attached hydrogens (tertiary/aromatic N) is 1. The molecule has 0 bridgehead atoms. The number of hydrogen-bond acceptors (Lipinski definition) is 3. The molecule has 1 heterocycles. The molecule has 1 amide bonds. The van der Waals surface area contributed by atoms with E-state index in [1.165, 1.54) is 6.42 Å². The fourth-order valence-corrected chi connectivity index (χ4v) is 2.60. The molecule has 2 N–H and O–H groups in total. The Bertz CT molecular complexity index is 290. The first-order valence-electron chi connectivity index (χ1n) is 7.52. The van der Waals surface area contributed by atoms with E-state index in [2.05, 4.69) is 26.1 Å². The number of nitrogens with one attached hydrogen (secondary N) is 1. The maximum absolute atomic E-state index is 11.9. The molecule has 2 atom stereocenters. The third kappa shape index (κ3) is 6.92. The van der Waals surface area contributed by atoms with Gasteiger partial charge < -0.3 is 10.4 Å². The smallest absolute Gasteiger partial charge is 0.234 e. The van der Waals surface area contributed by atoms with Crippen molar-refractivity contribution in [3.05, 3.63) is 0 Å². The second kappa shape index (κ2) is 7.25. The third-order valence-corrected chi connectivity index (χ3v) is 3.72. The van der Waals surface area contributed by atoms with Gasteiger partial charge in [-0.25, -0.2) is 0 Å². The van der Waals surface area contributed by atoms with Gasteiger partial charge in [0.05, 0.1) is 12.1 Å². The fourth-order valence-electron chi connectivity index (χ4n) is 2.60. The molecule has 1 aliphatic rings. The number of aliphatic hydroxyl groups is 1. The minimum Gasteiger partial charge on any atom is -0.389 e. The van der Waals surface area contributed by atoms with E-state index in [0.717, 1.165) is 31.7 Å². The molecule has 1 rings (SSSR count). The largest absolute Gasteiger partial charge is 0.389 e. The summed E-state index contributed by atoms with van der Waals surface area (Å²) in [5, 5.41) is 12.9. The molecule has 0 aromatic heterocycles. The van der Waals surface area contributed by atoms with E-state index in [4.69, 9.17) is 0 Å². The monoisotopic (exact) mass is 270 g/mol. The van der Waals surface area contributed by atoms with Gasteiger partial charge in [0.25, 0.3) is 0 Å². The summed E-state index contributed by atoms with van der Waals surface area (Å²) in [4.78, 5) is 13.9. The van der Waals surface area contributed by atoms with Gasteiger partial charge in [-0.2, -0.15) is 0 Å². The van der Waals surface area contributed by atoms with Crippen molar-refractivity contribution in [2.24, 2.45) is 5.92 Å². The Morgan fingerprint density at radius 3 is 2.58 bits per heavy atom. The maximum Gasteiger partial charge on any atom is 0.234 e. The zero-order chi connectivity index (χ0) is 14.5. The van der Waals surface area contributed by atoms with Gasteiger partial charge in [-0.1, -0.05) is 26.7 Å². The lowest BCUT2D eigenvalue weighted by molar-refractivity contribution is -0.122. The predicted molar refractivity (Wildman–Crippen MR) is 78.0 cm³/mol. The van der Waals surface area contributed by atoms with Gasteiger partial charge >= 0.3 is 0 Å². The van der Waals surface area contributed by atoms with Crippen molar-refractivity contribution in [1.29, 1.82) is 0 Å². The lowest BCUT2D eigenvalue weighted by Crippen LogP contribution is -2.41. The van der Waals surface area contributed by atoms with Gasteiger partial charge in [0.2, 0.25) is 5.91 Å². The summed E-state index contributed by atoms with van der Waals surface area (Å²) < 4.78 is 0. The van der Waals surface area contributed by atoms with Crippen LogP contribution in [0, 0.1) is 5.92 Å². The lowest BCUT2D eigenvalue weighted by Gasteiger charge is -2.20. The van der Waals surface area contributed by atoms with Crippen LogP contribution in [0.4, 0.5) is 0 Å². The Hall–Kier alpha value is -0.610. The Morgan fingerprint density at radius 2 is 2.05 bits per heavy atom. The summed E-state index contributed by atoms with van der Waals surface area (Å²) in [5.41, 5.74) is -0.622. The van der Waals surface area contributed by atoms with Crippen LogP contribution in [0.3, 0.4) is 0 Å². The molecule has 2 unspecified atom stereocenters. The summed E-state index contributed by atoms with van der Waals surface area (Å²) in [5.74, 6) is 0.810. The molecule has 1 saturated heterocycles. The molecule has 112 valence electrons. The highest BCUT2D eigenvalue weighted by molar-refractivity contribution is 5.78. The fraction of sp³-hybridized carbons (Fsp3) is 0.933. The standard InChI is InChI=1S/C15H30N2O2/c1-12(2)6-5-7-13(3)16-14(18)10-17-9-8-15(4,19)11-17/h12-13,19H,5-11H2,1-4H3,(H,16,18). The van der Waals surface area contributed by atoms with E-state index in [9.17, 15) is 9.90 Å². The maximum atomic E-state index is 11.9. The summed E-state index contributed by atoms with van der Waals surface area (Å²) in [6, 6.07) is 0.245. The van der Waals surface area contributed by atoms with Crippen molar-refractivity contribution >= 4 is 5.91 Å². The molecule has 0 aromatic carbocycles. The Morgan fingerprint density at radius 1 is 1.37 bits per heavy atom. The van der Waals surface area contributed by atoms with Gasteiger partial charge in [0.15, 0.2) is 0 Å². The topological polar surface area (TPSA) is 52.6 Å². The molecule has 4 nitrogen and oxygen atoms in total. The van der Waals surface area contributed by atoms with Crippen molar-refractivity contribution in [2.45, 2.75) is 65.0 Å². The summed E-state index contributed by atoms with van der Waals surface area (Å²) in [6.07, 6.45) is 4.18. The quantitative estimate of drug-likeness (QED) is 0.741. The van der Waals surface area contributed by atoms with Crippen LogP contribution >= 0.6 is 0 Å². The second-order valence-electron chi connectivity index (χ2n) is 6.75. The number of β-amino-alcohol motifs (C(OH)–C–C–N with tert-alkyl or cyclic N) is 1. The van der Waals surface area contributed by atoms with Crippen LogP contribution in [-0.4, -0.2) is 47.2 Å². The summed E-state index contributed by atoms with van der Waals surface area (Å²) in [7, 11) is 0. The molecule has 0 spiro atoms. The van der Waals surface area contributed by atoms with E-state index in [-0.39, 0.29) is 11.9 Å². The molecule has 0 saturated carbocycles. The number of carbonyl (C=O) groups is 1.